The molecule has 0 fully saturated rings. The molecule has 5 heteroatoms. The summed E-state index contributed by atoms with van der Waals surface area (Å²) < 4.78 is 10.7. The van der Waals surface area contributed by atoms with Crippen LogP contribution in [0.5, 0.6) is 0 Å². The average molecular weight is 270 g/mol. The SMILES string of the molecule is COC1=C(C)N(C(=O)OC(C)(C)C)[C@@H](C(C)(C)C)N1. The minimum absolute atomic E-state index is 0.140. The fourth-order valence-electron chi connectivity index (χ4n) is 1.96. The summed E-state index contributed by atoms with van der Waals surface area (Å²) in [6.07, 6.45) is -0.540. The number of nitrogens with one attached hydrogen (secondary N) is 1. The van der Waals surface area contributed by atoms with E-state index in [2.05, 4.69) is 26.1 Å². The number of carbonyl (C=O) groups excluding carboxylic acids is 1. The summed E-state index contributed by atoms with van der Waals surface area (Å²) in [4.78, 5) is 14.0. The molecule has 0 radical (unpaired) electrons. The molecule has 0 spiro atoms. The van der Waals surface area contributed by atoms with Gasteiger partial charge in [0, 0.05) is 5.41 Å². The van der Waals surface area contributed by atoms with E-state index in [1.54, 1.807) is 12.0 Å². The monoisotopic (exact) mass is 270 g/mol. The van der Waals surface area contributed by atoms with Crippen molar-refractivity contribution in [3.8, 4) is 0 Å². The molecule has 5 nitrogen and oxygen atoms in total. The highest BCUT2D eigenvalue weighted by Crippen LogP contribution is 2.33. The van der Waals surface area contributed by atoms with Gasteiger partial charge in [-0.05, 0) is 27.7 Å². The van der Waals surface area contributed by atoms with Gasteiger partial charge in [0.2, 0.25) is 5.88 Å². The summed E-state index contributed by atoms with van der Waals surface area (Å²) in [7, 11) is 1.59. The summed E-state index contributed by atoms with van der Waals surface area (Å²) in [6, 6.07) is 0. The Bertz CT molecular complexity index is 388. The molecule has 0 saturated carbocycles. The number of ether oxygens (including phenoxy) is 2. The van der Waals surface area contributed by atoms with Crippen molar-refractivity contribution in [2.75, 3.05) is 7.11 Å². The van der Waals surface area contributed by atoms with Gasteiger partial charge in [0.25, 0.3) is 0 Å². The Morgan fingerprint density at radius 1 is 1.21 bits per heavy atom. The van der Waals surface area contributed by atoms with Crippen molar-refractivity contribution in [2.24, 2.45) is 5.41 Å². The first-order chi connectivity index (χ1) is 8.47. The molecule has 1 aliphatic rings. The quantitative estimate of drug-likeness (QED) is 0.795. The van der Waals surface area contributed by atoms with E-state index in [0.29, 0.717) is 5.88 Å². The van der Waals surface area contributed by atoms with Gasteiger partial charge in [0.05, 0.1) is 12.8 Å². The first-order valence-electron chi connectivity index (χ1n) is 6.51. The molecule has 0 unspecified atom stereocenters. The number of nitrogens with zero attached hydrogens (tertiary/aromatic N) is 1. The number of methoxy groups -OCH3 is 1. The zero-order valence-corrected chi connectivity index (χ0v) is 13.2. The van der Waals surface area contributed by atoms with Crippen molar-refractivity contribution in [3.05, 3.63) is 11.6 Å². The average Bonchev–Trinajstić information content (AvgIpc) is 2.52. The van der Waals surface area contributed by atoms with Crippen LogP contribution in [0, 0.1) is 5.41 Å². The van der Waals surface area contributed by atoms with E-state index in [0.717, 1.165) is 5.70 Å². The number of amides is 1. The maximum Gasteiger partial charge on any atom is 0.416 e. The predicted molar refractivity (Wildman–Crippen MR) is 74.2 cm³/mol. The number of allylic oxidation sites excluding steroid dienone is 1. The Labute approximate surface area is 115 Å². The van der Waals surface area contributed by atoms with Crippen LogP contribution in [-0.4, -0.2) is 29.9 Å². The first kappa shape index (κ1) is 15.7. The summed E-state index contributed by atoms with van der Waals surface area (Å²) in [6.45, 7) is 13.6. The van der Waals surface area contributed by atoms with E-state index in [4.69, 9.17) is 9.47 Å². The maximum atomic E-state index is 12.4. The summed E-state index contributed by atoms with van der Waals surface area (Å²) >= 11 is 0. The fourth-order valence-corrected chi connectivity index (χ4v) is 1.96. The van der Waals surface area contributed by atoms with E-state index in [1.807, 2.05) is 27.7 Å². The lowest BCUT2D eigenvalue weighted by Crippen LogP contribution is -2.50. The lowest BCUT2D eigenvalue weighted by molar-refractivity contribution is 0.0135. The molecular weight excluding hydrogens is 244 g/mol. The van der Waals surface area contributed by atoms with Gasteiger partial charge in [-0.15, -0.1) is 0 Å². The molecular formula is C14H26N2O3. The van der Waals surface area contributed by atoms with Crippen molar-refractivity contribution in [1.82, 2.24) is 10.2 Å². The first-order valence-corrected chi connectivity index (χ1v) is 6.51. The molecule has 0 bridgehead atoms. The van der Waals surface area contributed by atoms with Crippen molar-refractivity contribution < 1.29 is 14.3 Å². The molecule has 1 amide bonds. The van der Waals surface area contributed by atoms with Gasteiger partial charge >= 0.3 is 6.09 Å². The molecule has 110 valence electrons. The summed E-state index contributed by atoms with van der Waals surface area (Å²) in [5.41, 5.74) is 0.0883. The van der Waals surface area contributed by atoms with E-state index in [9.17, 15) is 4.79 Å². The van der Waals surface area contributed by atoms with E-state index < -0.39 is 5.60 Å². The van der Waals surface area contributed by atoms with Crippen molar-refractivity contribution in [1.29, 1.82) is 0 Å². The Balaban J connectivity index is 3.04. The molecule has 1 heterocycles. The van der Waals surface area contributed by atoms with Crippen LogP contribution in [0.25, 0.3) is 0 Å². The molecule has 0 saturated heterocycles. The molecule has 1 N–H and O–H groups in total. The third-order valence-corrected chi connectivity index (χ3v) is 2.83. The third kappa shape index (κ3) is 3.55. The van der Waals surface area contributed by atoms with Crippen LogP contribution in [0.2, 0.25) is 0 Å². The minimum Gasteiger partial charge on any atom is -0.481 e. The lowest BCUT2D eigenvalue weighted by atomic mass is 9.92. The zero-order chi connectivity index (χ0) is 15.0. The third-order valence-electron chi connectivity index (χ3n) is 2.83. The van der Waals surface area contributed by atoms with E-state index in [-0.39, 0.29) is 17.7 Å². The van der Waals surface area contributed by atoms with Crippen LogP contribution in [-0.2, 0) is 9.47 Å². The second kappa shape index (κ2) is 4.94. The smallest absolute Gasteiger partial charge is 0.416 e. The topological polar surface area (TPSA) is 50.8 Å². The highest BCUT2D eigenvalue weighted by Gasteiger charge is 2.42. The maximum absolute atomic E-state index is 12.4. The molecule has 1 atom stereocenters. The zero-order valence-electron chi connectivity index (χ0n) is 13.2. The standard InChI is InChI=1S/C14H26N2O3/c1-9-10(18-8)15-11(13(2,3)4)16(9)12(17)19-14(5,6)7/h11,15H,1-8H3/t11-/m0/s1. The second-order valence-electron chi connectivity index (χ2n) is 6.88. The van der Waals surface area contributed by atoms with Gasteiger partial charge in [-0.1, -0.05) is 20.8 Å². The van der Waals surface area contributed by atoms with Crippen LogP contribution in [0.15, 0.2) is 11.6 Å². The Morgan fingerprint density at radius 2 is 1.74 bits per heavy atom. The summed E-state index contributed by atoms with van der Waals surface area (Å²) in [5, 5.41) is 3.23. The van der Waals surface area contributed by atoms with Crippen LogP contribution in [0.3, 0.4) is 0 Å². The molecule has 0 aromatic heterocycles. The van der Waals surface area contributed by atoms with Crippen molar-refractivity contribution in [3.63, 3.8) is 0 Å². The molecule has 19 heavy (non-hydrogen) atoms. The van der Waals surface area contributed by atoms with Gasteiger partial charge in [-0.25, -0.2) is 4.79 Å². The largest absolute Gasteiger partial charge is 0.481 e. The van der Waals surface area contributed by atoms with E-state index in [1.165, 1.54) is 0 Å². The molecule has 0 aliphatic carbocycles. The summed E-state index contributed by atoms with van der Waals surface area (Å²) in [5.74, 6) is 0.616. The predicted octanol–water partition coefficient (Wildman–Crippen LogP) is 3.03. The molecule has 1 aliphatic heterocycles. The Hall–Kier alpha value is -1.39. The van der Waals surface area contributed by atoms with E-state index >= 15 is 0 Å². The van der Waals surface area contributed by atoms with Crippen LogP contribution in [0.1, 0.15) is 48.5 Å². The lowest BCUT2D eigenvalue weighted by Gasteiger charge is -2.36. The molecule has 0 aromatic rings. The van der Waals surface area contributed by atoms with Crippen LogP contribution < -0.4 is 5.32 Å². The van der Waals surface area contributed by atoms with Gasteiger partial charge in [0.1, 0.15) is 11.8 Å². The van der Waals surface area contributed by atoms with Gasteiger partial charge in [0.15, 0.2) is 0 Å². The number of rotatable bonds is 1. The van der Waals surface area contributed by atoms with Crippen molar-refractivity contribution in [2.45, 2.75) is 60.2 Å². The highest BCUT2D eigenvalue weighted by molar-refractivity contribution is 5.71. The van der Waals surface area contributed by atoms with Crippen LogP contribution >= 0.6 is 0 Å². The minimum atomic E-state index is -0.518. The van der Waals surface area contributed by atoms with Crippen molar-refractivity contribution >= 4 is 6.09 Å². The number of hydrogen-bond acceptors (Lipinski definition) is 4. The Morgan fingerprint density at radius 3 is 2.11 bits per heavy atom. The van der Waals surface area contributed by atoms with Gasteiger partial charge in [-0.2, -0.15) is 0 Å². The molecule has 0 aromatic carbocycles. The Kier molecular flexibility index (Phi) is 4.08. The second-order valence-corrected chi connectivity index (χ2v) is 6.88. The normalized spacial score (nSPS) is 20.4. The van der Waals surface area contributed by atoms with Gasteiger partial charge < -0.3 is 14.8 Å². The number of carbonyl (C=O) groups is 1. The molecule has 1 rings (SSSR count). The van der Waals surface area contributed by atoms with Crippen LogP contribution in [0.4, 0.5) is 4.79 Å². The highest BCUT2D eigenvalue weighted by atomic mass is 16.6. The fraction of sp³-hybridized carbons (Fsp3) is 0.786. The van der Waals surface area contributed by atoms with Gasteiger partial charge in [-0.3, -0.25) is 4.90 Å². The number of hydrogen-bond donors (Lipinski definition) is 1.